The molecule has 1 N–H and O–H groups in total. The molecule has 0 aliphatic carbocycles. The van der Waals surface area contributed by atoms with Crippen molar-refractivity contribution in [2.45, 2.75) is 13.0 Å². The van der Waals surface area contributed by atoms with Crippen molar-refractivity contribution in [3.63, 3.8) is 0 Å². The predicted molar refractivity (Wildman–Crippen MR) is 83.4 cm³/mol. The zero-order valence-corrected chi connectivity index (χ0v) is 12.6. The van der Waals surface area contributed by atoms with Crippen molar-refractivity contribution in [2.24, 2.45) is 0 Å². The average Bonchev–Trinajstić information content (AvgIpc) is 2.46. The third-order valence-electron chi connectivity index (χ3n) is 3.48. The number of halogens is 2. The van der Waals surface area contributed by atoms with E-state index in [2.05, 4.69) is 5.32 Å². The van der Waals surface area contributed by atoms with E-state index in [4.69, 9.17) is 11.6 Å². The van der Waals surface area contributed by atoms with E-state index < -0.39 is 0 Å². The molecule has 20 heavy (non-hydrogen) atoms. The minimum Gasteiger partial charge on any atom is -0.342 e. The molecule has 2 rings (SSSR count). The van der Waals surface area contributed by atoms with Gasteiger partial charge in [0.15, 0.2) is 0 Å². The lowest BCUT2D eigenvalue weighted by molar-refractivity contribution is 0.627. The Bertz CT molecular complexity index is 601. The van der Waals surface area contributed by atoms with Gasteiger partial charge in [-0.3, -0.25) is 0 Å². The molecule has 0 aliphatic heterocycles. The summed E-state index contributed by atoms with van der Waals surface area (Å²) in [6, 6.07) is 12.6. The number of para-hydroxylation sites is 1. The predicted octanol–water partition coefficient (Wildman–Crippen LogP) is 4.53. The van der Waals surface area contributed by atoms with Gasteiger partial charge in [-0.05, 0) is 43.8 Å². The summed E-state index contributed by atoms with van der Waals surface area (Å²) in [4.78, 5) is 1.79. The first-order valence-electron chi connectivity index (χ1n) is 6.49. The van der Waals surface area contributed by atoms with E-state index >= 15 is 0 Å². The summed E-state index contributed by atoms with van der Waals surface area (Å²) in [7, 11) is 3.71. The van der Waals surface area contributed by atoms with Crippen LogP contribution >= 0.6 is 11.6 Å². The topological polar surface area (TPSA) is 15.3 Å². The molecule has 0 saturated carbocycles. The summed E-state index contributed by atoms with van der Waals surface area (Å²) >= 11 is 6.31. The van der Waals surface area contributed by atoms with Crippen molar-refractivity contribution in [1.82, 2.24) is 5.32 Å². The van der Waals surface area contributed by atoms with Crippen LogP contribution < -0.4 is 10.2 Å². The van der Waals surface area contributed by atoms with Crippen molar-refractivity contribution in [3.8, 4) is 0 Å². The smallest absolute Gasteiger partial charge is 0.146 e. The van der Waals surface area contributed by atoms with Gasteiger partial charge in [-0.15, -0.1) is 0 Å². The molecule has 1 unspecified atom stereocenters. The van der Waals surface area contributed by atoms with E-state index in [1.807, 2.05) is 45.3 Å². The Labute approximate surface area is 124 Å². The Morgan fingerprint density at radius 3 is 2.50 bits per heavy atom. The molecule has 0 saturated heterocycles. The van der Waals surface area contributed by atoms with Crippen LogP contribution in [0.1, 0.15) is 18.5 Å². The van der Waals surface area contributed by atoms with Crippen LogP contribution in [-0.2, 0) is 0 Å². The van der Waals surface area contributed by atoms with Gasteiger partial charge in [0.05, 0.1) is 5.69 Å². The van der Waals surface area contributed by atoms with E-state index in [1.54, 1.807) is 17.0 Å². The third kappa shape index (κ3) is 2.94. The first kappa shape index (κ1) is 14.8. The second-order valence-corrected chi connectivity index (χ2v) is 5.13. The summed E-state index contributed by atoms with van der Waals surface area (Å²) in [6.45, 7) is 2.04. The molecule has 0 aromatic heterocycles. The van der Waals surface area contributed by atoms with Gasteiger partial charge in [-0.2, -0.15) is 0 Å². The Morgan fingerprint density at radius 1 is 1.20 bits per heavy atom. The van der Waals surface area contributed by atoms with Crippen molar-refractivity contribution in [3.05, 3.63) is 58.9 Å². The van der Waals surface area contributed by atoms with Crippen LogP contribution in [0.15, 0.2) is 42.5 Å². The summed E-state index contributed by atoms with van der Waals surface area (Å²) in [5, 5.41) is 3.83. The van der Waals surface area contributed by atoms with Crippen LogP contribution in [0.2, 0.25) is 5.02 Å². The average molecular weight is 293 g/mol. The standard InChI is InChI=1S/C16H18ClFN2/c1-11(19-2)13-9-8-12(10-14(13)17)20(3)16-7-5-4-6-15(16)18/h4-11,19H,1-3H3. The first-order chi connectivity index (χ1) is 9.54. The number of hydrogen-bond acceptors (Lipinski definition) is 2. The second kappa shape index (κ2) is 6.25. The highest BCUT2D eigenvalue weighted by atomic mass is 35.5. The summed E-state index contributed by atoms with van der Waals surface area (Å²) in [5.41, 5.74) is 2.41. The maximum atomic E-state index is 13.8. The number of nitrogens with zero attached hydrogens (tertiary/aromatic N) is 1. The number of nitrogens with one attached hydrogen (secondary N) is 1. The van der Waals surface area contributed by atoms with Crippen LogP contribution in [0.3, 0.4) is 0 Å². The molecule has 0 fully saturated rings. The molecule has 0 heterocycles. The van der Waals surface area contributed by atoms with Crippen molar-refractivity contribution >= 4 is 23.0 Å². The first-order valence-corrected chi connectivity index (χ1v) is 6.87. The lowest BCUT2D eigenvalue weighted by atomic mass is 10.1. The molecular weight excluding hydrogens is 275 g/mol. The zero-order chi connectivity index (χ0) is 14.7. The highest BCUT2D eigenvalue weighted by Crippen LogP contribution is 2.31. The van der Waals surface area contributed by atoms with E-state index in [0.717, 1.165) is 11.3 Å². The minimum absolute atomic E-state index is 0.176. The van der Waals surface area contributed by atoms with Gasteiger partial charge in [-0.1, -0.05) is 29.8 Å². The highest BCUT2D eigenvalue weighted by Gasteiger charge is 2.12. The molecular formula is C16H18ClFN2. The molecule has 0 bridgehead atoms. The monoisotopic (exact) mass is 292 g/mol. The van der Waals surface area contributed by atoms with Gasteiger partial charge >= 0.3 is 0 Å². The van der Waals surface area contributed by atoms with Crippen LogP contribution in [-0.4, -0.2) is 14.1 Å². The van der Waals surface area contributed by atoms with Gasteiger partial charge in [0.25, 0.3) is 0 Å². The molecule has 0 aliphatic rings. The fraction of sp³-hybridized carbons (Fsp3) is 0.250. The van der Waals surface area contributed by atoms with Crippen molar-refractivity contribution < 1.29 is 4.39 Å². The van der Waals surface area contributed by atoms with E-state index in [1.165, 1.54) is 6.07 Å². The largest absolute Gasteiger partial charge is 0.342 e. The molecule has 2 aromatic carbocycles. The molecule has 106 valence electrons. The van der Waals surface area contributed by atoms with Gasteiger partial charge in [-0.25, -0.2) is 4.39 Å². The maximum Gasteiger partial charge on any atom is 0.146 e. The minimum atomic E-state index is -0.251. The summed E-state index contributed by atoms with van der Waals surface area (Å²) in [5.74, 6) is -0.251. The normalized spacial score (nSPS) is 12.2. The van der Waals surface area contributed by atoms with Crippen LogP contribution in [0.4, 0.5) is 15.8 Å². The number of benzene rings is 2. The molecule has 0 spiro atoms. The number of hydrogen-bond donors (Lipinski definition) is 1. The SMILES string of the molecule is CNC(C)c1ccc(N(C)c2ccccc2F)cc1Cl. The summed E-state index contributed by atoms with van der Waals surface area (Å²) in [6.07, 6.45) is 0. The highest BCUT2D eigenvalue weighted by molar-refractivity contribution is 6.31. The lowest BCUT2D eigenvalue weighted by Crippen LogP contribution is -2.14. The van der Waals surface area contributed by atoms with Crippen molar-refractivity contribution in [1.29, 1.82) is 0 Å². The molecule has 2 nitrogen and oxygen atoms in total. The molecule has 2 aromatic rings. The van der Waals surface area contributed by atoms with Crippen LogP contribution in [0.5, 0.6) is 0 Å². The number of anilines is 2. The quantitative estimate of drug-likeness (QED) is 0.891. The van der Waals surface area contributed by atoms with Gasteiger partial charge in [0.1, 0.15) is 5.82 Å². The Balaban J connectivity index is 2.35. The van der Waals surface area contributed by atoms with Crippen molar-refractivity contribution in [2.75, 3.05) is 19.0 Å². The van der Waals surface area contributed by atoms with Gasteiger partial charge < -0.3 is 10.2 Å². The van der Waals surface area contributed by atoms with E-state index in [0.29, 0.717) is 10.7 Å². The van der Waals surface area contributed by atoms with Gasteiger partial charge in [0.2, 0.25) is 0 Å². The maximum absolute atomic E-state index is 13.8. The van der Waals surface area contributed by atoms with Crippen LogP contribution in [0.25, 0.3) is 0 Å². The fourth-order valence-electron chi connectivity index (χ4n) is 2.09. The third-order valence-corrected chi connectivity index (χ3v) is 3.81. The fourth-order valence-corrected chi connectivity index (χ4v) is 2.43. The Hall–Kier alpha value is -1.58. The Kier molecular flexibility index (Phi) is 4.63. The van der Waals surface area contributed by atoms with Crippen LogP contribution in [0, 0.1) is 5.82 Å². The number of rotatable bonds is 4. The second-order valence-electron chi connectivity index (χ2n) is 4.73. The zero-order valence-electron chi connectivity index (χ0n) is 11.8. The molecule has 1 atom stereocenters. The molecule has 0 amide bonds. The summed E-state index contributed by atoms with van der Waals surface area (Å²) < 4.78 is 13.8. The van der Waals surface area contributed by atoms with E-state index in [-0.39, 0.29) is 11.9 Å². The van der Waals surface area contributed by atoms with E-state index in [9.17, 15) is 4.39 Å². The lowest BCUT2D eigenvalue weighted by Gasteiger charge is -2.22. The molecule has 0 radical (unpaired) electrons. The molecule has 4 heteroatoms. The van der Waals surface area contributed by atoms with Gasteiger partial charge in [0, 0.05) is 23.8 Å². The Morgan fingerprint density at radius 2 is 1.90 bits per heavy atom.